The predicted molar refractivity (Wildman–Crippen MR) is 227 cm³/mol. The Kier molecular flexibility index (Phi) is 20.8. The Bertz CT molecular complexity index is 1810. The van der Waals surface area contributed by atoms with E-state index >= 15 is 0 Å². The van der Waals surface area contributed by atoms with Gasteiger partial charge in [0.1, 0.15) is 12.1 Å². The molecule has 1 aliphatic heterocycles. The van der Waals surface area contributed by atoms with Crippen molar-refractivity contribution in [1.82, 2.24) is 30.7 Å². The zero-order valence-corrected chi connectivity index (χ0v) is 37.8. The molecule has 1 aromatic heterocycles. The number of primary amides is 1. The highest BCUT2D eigenvalue weighted by molar-refractivity contribution is 5.91. The normalized spacial score (nSPS) is 18.1. The van der Waals surface area contributed by atoms with Gasteiger partial charge in [-0.15, -0.1) is 0 Å². The minimum atomic E-state index is -5.08. The second-order valence-electron chi connectivity index (χ2n) is 16.7. The number of halogens is 3. The van der Waals surface area contributed by atoms with Gasteiger partial charge in [-0.25, -0.2) is 4.79 Å². The number of carboxylic acid groups (broad SMARTS) is 1. The number of rotatable bonds is 21. The number of para-hydroxylation sites is 1. The topological polar surface area (TPSA) is 225 Å². The molecule has 1 saturated heterocycles. The number of alkyl halides is 3. The van der Waals surface area contributed by atoms with Gasteiger partial charge in [0, 0.05) is 51.3 Å². The van der Waals surface area contributed by atoms with Crippen LogP contribution in [-0.2, 0) is 44.7 Å². The Morgan fingerprint density at radius 3 is 2.06 bits per heavy atom. The van der Waals surface area contributed by atoms with E-state index in [-0.39, 0.29) is 48.3 Å². The summed E-state index contributed by atoms with van der Waals surface area (Å²) >= 11 is 0. The van der Waals surface area contributed by atoms with Gasteiger partial charge in [-0.1, -0.05) is 73.1 Å². The minimum absolute atomic E-state index is 0.00110. The molecule has 2 heterocycles. The van der Waals surface area contributed by atoms with Gasteiger partial charge in [-0.2, -0.15) is 13.2 Å². The van der Waals surface area contributed by atoms with E-state index in [4.69, 9.17) is 25.1 Å². The zero-order valence-electron chi connectivity index (χ0n) is 37.8. The Balaban J connectivity index is 0.00000173. The highest BCUT2D eigenvalue weighted by Crippen LogP contribution is 2.30. The van der Waals surface area contributed by atoms with Crippen molar-refractivity contribution in [3.05, 3.63) is 36.0 Å². The fourth-order valence-electron chi connectivity index (χ4n) is 8.10. The standard InChI is InChI=1S/C41H67N7O7.C2HF3O2/c1-12-25(6)36(47(9)41(53)35(24(4)5)46-40(52)34(43-8)23(2)3)32(54-10)21-33(49)48-19-15-18-31(48)37(55-11)26(7)39(51)45-30(38(42)50)20-27-22-44-29-17-14-13-16-28(27)29;3-2(4,5)1(6)7/h13-14,16-17,22-26,30-32,34-37,43-44H,12,15,18-21H2,1-11H3,(H2,42,50)(H,45,51)(H,46,52);(H,6,7)/t25-,26+,30-,31-,32+,34-,35-,36-,37+;/m0./s1. The number of nitrogens with two attached hydrogens (primary N) is 1. The quantitative estimate of drug-likeness (QED) is 0.107. The van der Waals surface area contributed by atoms with Crippen molar-refractivity contribution < 1.29 is 56.5 Å². The number of ether oxygens (including phenoxy) is 2. The molecule has 5 amide bonds. The first kappa shape index (κ1) is 53.4. The van der Waals surface area contributed by atoms with Gasteiger partial charge in [-0.3, -0.25) is 24.0 Å². The lowest BCUT2D eigenvalue weighted by Crippen LogP contribution is -2.59. The number of likely N-dealkylation sites (tertiary alicyclic amines) is 1. The van der Waals surface area contributed by atoms with Crippen LogP contribution < -0.4 is 21.7 Å². The monoisotopic (exact) mass is 884 g/mol. The van der Waals surface area contributed by atoms with Crippen LogP contribution in [-0.4, -0.2) is 139 Å². The van der Waals surface area contributed by atoms with Crippen molar-refractivity contribution in [2.24, 2.45) is 29.4 Å². The summed E-state index contributed by atoms with van der Waals surface area (Å²) < 4.78 is 43.7. The van der Waals surface area contributed by atoms with Gasteiger partial charge in [0.25, 0.3) is 0 Å². The summed E-state index contributed by atoms with van der Waals surface area (Å²) in [6.45, 7) is 14.0. The minimum Gasteiger partial charge on any atom is -0.475 e. The number of carboxylic acids is 1. The molecule has 1 aromatic carbocycles. The number of carbonyl (C=O) groups is 6. The lowest BCUT2D eigenvalue weighted by molar-refractivity contribution is -0.192. The van der Waals surface area contributed by atoms with Gasteiger partial charge >= 0.3 is 12.1 Å². The number of nitrogens with zero attached hydrogens (tertiary/aromatic N) is 2. The summed E-state index contributed by atoms with van der Waals surface area (Å²) in [4.78, 5) is 83.3. The molecule has 0 bridgehead atoms. The van der Waals surface area contributed by atoms with Crippen molar-refractivity contribution in [2.45, 2.75) is 129 Å². The molecule has 350 valence electrons. The summed E-state index contributed by atoms with van der Waals surface area (Å²) in [6.07, 6.45) is -2.29. The maximum absolute atomic E-state index is 14.2. The molecule has 0 radical (unpaired) electrons. The van der Waals surface area contributed by atoms with Gasteiger partial charge < -0.3 is 51.0 Å². The number of fused-ring (bicyclic) bond motifs is 1. The van der Waals surface area contributed by atoms with Crippen LogP contribution in [0.5, 0.6) is 0 Å². The first-order valence-corrected chi connectivity index (χ1v) is 21.0. The Labute approximate surface area is 362 Å². The van der Waals surface area contributed by atoms with Gasteiger partial charge in [0.05, 0.1) is 42.7 Å². The van der Waals surface area contributed by atoms with Crippen LogP contribution in [0.15, 0.2) is 30.5 Å². The molecule has 0 aliphatic carbocycles. The average Bonchev–Trinajstić information content (AvgIpc) is 3.86. The zero-order chi connectivity index (χ0) is 47.2. The van der Waals surface area contributed by atoms with E-state index in [9.17, 15) is 37.1 Å². The Morgan fingerprint density at radius 1 is 0.968 bits per heavy atom. The van der Waals surface area contributed by atoms with Crippen LogP contribution >= 0.6 is 0 Å². The average molecular weight is 884 g/mol. The molecular weight excluding hydrogens is 816 g/mol. The highest BCUT2D eigenvalue weighted by atomic mass is 19.4. The highest BCUT2D eigenvalue weighted by Gasteiger charge is 2.43. The molecule has 62 heavy (non-hydrogen) atoms. The summed E-state index contributed by atoms with van der Waals surface area (Å²) in [5.74, 6) is -5.40. The Morgan fingerprint density at radius 2 is 1.56 bits per heavy atom. The molecule has 1 aliphatic rings. The molecule has 3 rings (SSSR count). The lowest BCUT2D eigenvalue weighted by Gasteiger charge is -2.41. The smallest absolute Gasteiger partial charge is 0.475 e. The summed E-state index contributed by atoms with van der Waals surface area (Å²) in [6, 6.07) is 4.65. The third kappa shape index (κ3) is 14.1. The molecule has 2 aromatic rings. The first-order valence-electron chi connectivity index (χ1n) is 21.0. The number of aliphatic carboxylic acids is 1. The third-order valence-corrected chi connectivity index (χ3v) is 11.8. The van der Waals surface area contributed by atoms with Crippen LogP contribution in [0, 0.1) is 23.7 Å². The number of hydrogen-bond donors (Lipinski definition) is 6. The molecule has 19 heteroatoms. The number of aromatic nitrogens is 1. The fourth-order valence-corrected chi connectivity index (χ4v) is 8.10. The number of nitrogens with one attached hydrogen (secondary N) is 4. The van der Waals surface area contributed by atoms with Gasteiger partial charge in [0.2, 0.25) is 29.5 Å². The van der Waals surface area contributed by atoms with E-state index < -0.39 is 72.3 Å². The van der Waals surface area contributed by atoms with Crippen molar-refractivity contribution >= 4 is 46.4 Å². The summed E-state index contributed by atoms with van der Waals surface area (Å²) in [5, 5.41) is 16.9. The number of methoxy groups -OCH3 is 2. The largest absolute Gasteiger partial charge is 0.490 e. The second kappa shape index (κ2) is 24.2. The predicted octanol–water partition coefficient (Wildman–Crippen LogP) is 3.62. The second-order valence-corrected chi connectivity index (χ2v) is 16.7. The number of carbonyl (C=O) groups excluding carboxylic acids is 5. The maximum atomic E-state index is 14.2. The van der Waals surface area contributed by atoms with Crippen molar-refractivity contribution in [1.29, 1.82) is 0 Å². The van der Waals surface area contributed by atoms with Crippen molar-refractivity contribution in [2.75, 3.05) is 34.9 Å². The maximum Gasteiger partial charge on any atom is 0.490 e. The van der Waals surface area contributed by atoms with Gasteiger partial charge in [0.15, 0.2) is 0 Å². The Hall–Kier alpha value is -4.75. The van der Waals surface area contributed by atoms with Crippen molar-refractivity contribution in [3.8, 4) is 0 Å². The number of benzene rings is 1. The lowest BCUT2D eigenvalue weighted by atomic mass is 9.89. The molecule has 1 fully saturated rings. The summed E-state index contributed by atoms with van der Waals surface area (Å²) in [7, 11) is 6.51. The molecule has 16 nitrogen and oxygen atoms in total. The van der Waals surface area contributed by atoms with E-state index in [0.29, 0.717) is 13.0 Å². The number of hydrogen-bond acceptors (Lipinski definition) is 9. The van der Waals surface area contributed by atoms with Crippen LogP contribution in [0.3, 0.4) is 0 Å². The molecule has 9 atom stereocenters. The summed E-state index contributed by atoms with van der Waals surface area (Å²) in [5.41, 5.74) is 7.55. The molecule has 0 unspecified atom stereocenters. The van der Waals surface area contributed by atoms with Crippen LogP contribution in [0.25, 0.3) is 10.9 Å². The van der Waals surface area contributed by atoms with E-state index in [1.807, 2.05) is 72.0 Å². The van der Waals surface area contributed by atoms with E-state index in [1.54, 1.807) is 37.9 Å². The number of likely N-dealkylation sites (N-methyl/N-ethyl adjacent to an activating group) is 2. The van der Waals surface area contributed by atoms with Crippen LogP contribution in [0.2, 0.25) is 0 Å². The van der Waals surface area contributed by atoms with Crippen molar-refractivity contribution in [3.63, 3.8) is 0 Å². The fraction of sp³-hybridized carbons (Fsp3) is 0.674. The molecule has 0 spiro atoms. The number of H-pyrrole nitrogens is 1. The van der Waals surface area contributed by atoms with E-state index in [0.717, 1.165) is 29.3 Å². The number of aromatic amines is 1. The molecular formula is C43H68F3N7O9. The van der Waals surface area contributed by atoms with E-state index in [2.05, 4.69) is 20.9 Å². The molecule has 0 saturated carbocycles. The van der Waals surface area contributed by atoms with Crippen LogP contribution in [0.4, 0.5) is 13.2 Å². The molecule has 7 N–H and O–H groups in total. The first-order chi connectivity index (χ1) is 29.0. The van der Waals surface area contributed by atoms with Gasteiger partial charge in [-0.05, 0) is 49.3 Å². The van der Waals surface area contributed by atoms with Crippen LogP contribution in [0.1, 0.15) is 79.7 Å². The van der Waals surface area contributed by atoms with E-state index in [1.165, 1.54) is 7.11 Å². The third-order valence-electron chi connectivity index (χ3n) is 11.8. The SMILES string of the molecule is CC[C@H](C)[C@@H]([C@@H](CC(=O)N1CCC[C@H]1[C@H](OC)[C@@H](C)C(=O)N[C@@H](Cc1c[nH]c2ccccc12)C(N)=O)OC)N(C)C(=O)[C@@H](NC(=O)[C@@H](NC)C(C)C)C(C)C.O=C(O)C(F)(F)F. The number of amides is 5.